The number of aryl methyl sites for hydroxylation is 2. The van der Waals surface area contributed by atoms with E-state index in [-0.39, 0.29) is 41.4 Å². The monoisotopic (exact) mass is 563 g/mol. The Morgan fingerprint density at radius 1 is 1.10 bits per heavy atom. The smallest absolute Gasteiger partial charge is 0.248 e. The van der Waals surface area contributed by atoms with E-state index in [0.29, 0.717) is 6.54 Å². The van der Waals surface area contributed by atoms with Gasteiger partial charge in [-0.25, -0.2) is 0 Å². The summed E-state index contributed by atoms with van der Waals surface area (Å²) in [5, 5.41) is 16.8. The number of nitrogens with zero attached hydrogens (tertiary/aromatic N) is 1. The molecule has 1 spiro atoms. The third kappa shape index (κ3) is 4.53. The van der Waals surface area contributed by atoms with Gasteiger partial charge < -0.3 is 20.6 Å². The Bertz CT molecular complexity index is 1270. The summed E-state index contributed by atoms with van der Waals surface area (Å²) in [5.74, 6) is -1.63. The van der Waals surface area contributed by atoms with Gasteiger partial charge >= 0.3 is 0 Å². The molecule has 5 rings (SSSR count). The molecule has 0 aromatic heterocycles. The van der Waals surface area contributed by atoms with Crippen LogP contribution in [0.15, 0.2) is 48.5 Å². The third-order valence-corrected chi connectivity index (χ3v) is 11.7. The highest BCUT2D eigenvalue weighted by molar-refractivity contribution is 8.02. The van der Waals surface area contributed by atoms with Crippen LogP contribution in [-0.4, -0.2) is 56.4 Å². The standard InChI is InChI=1S/C32H41N3O4S/c1-6-18(2)23(17-36)35-28(30(38)34-27-19(3)11-10-12-20(27)4)32-21(5)15-24(40-32)25(26(32)31(35)39)29(37)33-16-22-13-8-7-9-14-22/h7-14,18,21,23-26,28,36H,6,15-17H2,1-5H3,(H,33,37)(H,34,38)/t18-,21?,23-,24+,25-,26-,28?,32?/m0/s1. The Kier molecular flexibility index (Phi) is 8.03. The van der Waals surface area contributed by atoms with Gasteiger partial charge in [0.15, 0.2) is 0 Å². The van der Waals surface area contributed by atoms with Crippen LogP contribution in [0, 0.1) is 37.5 Å². The second-order valence-electron chi connectivity index (χ2n) is 11.9. The molecule has 8 atom stereocenters. The minimum Gasteiger partial charge on any atom is -0.394 e. The predicted molar refractivity (Wildman–Crippen MR) is 159 cm³/mol. The number of aliphatic hydroxyl groups is 1. The fourth-order valence-corrected chi connectivity index (χ4v) is 9.75. The van der Waals surface area contributed by atoms with Crippen molar-refractivity contribution in [2.75, 3.05) is 11.9 Å². The van der Waals surface area contributed by atoms with E-state index in [2.05, 4.69) is 17.6 Å². The molecule has 3 saturated heterocycles. The predicted octanol–water partition coefficient (Wildman–Crippen LogP) is 4.30. The summed E-state index contributed by atoms with van der Waals surface area (Å²) < 4.78 is -0.738. The van der Waals surface area contributed by atoms with Crippen molar-refractivity contribution < 1.29 is 19.5 Å². The summed E-state index contributed by atoms with van der Waals surface area (Å²) in [6.07, 6.45) is 1.52. The fourth-order valence-electron chi connectivity index (χ4n) is 7.34. The molecule has 3 aliphatic heterocycles. The van der Waals surface area contributed by atoms with Crippen LogP contribution in [0.2, 0.25) is 0 Å². The Morgan fingerprint density at radius 3 is 2.40 bits per heavy atom. The SMILES string of the molecule is CC[C@H](C)[C@H](CO)N1C(=O)[C@@H]2[C@@H](C(=O)NCc3ccccc3)[C@H]3CC(C)C2(S3)C1C(=O)Nc1c(C)cccc1C. The Hall–Kier alpha value is -2.84. The van der Waals surface area contributed by atoms with E-state index in [1.54, 1.807) is 16.7 Å². The summed E-state index contributed by atoms with van der Waals surface area (Å²) >= 11 is 1.66. The van der Waals surface area contributed by atoms with E-state index in [1.807, 2.05) is 76.2 Å². The van der Waals surface area contributed by atoms with E-state index in [0.717, 1.165) is 35.2 Å². The van der Waals surface area contributed by atoms with Gasteiger partial charge in [-0.15, -0.1) is 11.8 Å². The van der Waals surface area contributed by atoms with Gasteiger partial charge in [-0.2, -0.15) is 0 Å². The molecule has 2 aromatic carbocycles. The number of anilines is 1. The van der Waals surface area contributed by atoms with Crippen LogP contribution >= 0.6 is 11.8 Å². The van der Waals surface area contributed by atoms with Gasteiger partial charge in [0.2, 0.25) is 17.7 Å². The van der Waals surface area contributed by atoms with Gasteiger partial charge in [-0.1, -0.05) is 75.7 Å². The van der Waals surface area contributed by atoms with E-state index >= 15 is 0 Å². The molecular weight excluding hydrogens is 522 g/mol. The molecule has 2 aromatic rings. The first-order valence-electron chi connectivity index (χ1n) is 14.4. The minimum absolute atomic E-state index is 0.0115. The maximum Gasteiger partial charge on any atom is 0.248 e. The average molecular weight is 564 g/mol. The van der Waals surface area contributed by atoms with Crippen molar-refractivity contribution in [1.29, 1.82) is 0 Å². The van der Waals surface area contributed by atoms with Gasteiger partial charge in [0, 0.05) is 17.5 Å². The quantitative estimate of drug-likeness (QED) is 0.423. The topological polar surface area (TPSA) is 98.7 Å². The van der Waals surface area contributed by atoms with Crippen LogP contribution in [0.1, 0.15) is 50.3 Å². The molecule has 0 saturated carbocycles. The Labute approximate surface area is 241 Å². The van der Waals surface area contributed by atoms with Crippen molar-refractivity contribution in [3.63, 3.8) is 0 Å². The van der Waals surface area contributed by atoms with Crippen molar-refractivity contribution in [2.24, 2.45) is 23.7 Å². The van der Waals surface area contributed by atoms with Crippen LogP contribution < -0.4 is 10.6 Å². The molecule has 7 nitrogen and oxygen atoms in total. The third-order valence-electron chi connectivity index (χ3n) is 9.62. The first-order chi connectivity index (χ1) is 19.1. The number of nitrogens with one attached hydrogen (secondary N) is 2. The summed E-state index contributed by atoms with van der Waals surface area (Å²) in [7, 11) is 0. The lowest BCUT2D eigenvalue weighted by Crippen LogP contribution is -2.58. The van der Waals surface area contributed by atoms with Crippen LogP contribution in [-0.2, 0) is 20.9 Å². The number of para-hydroxylation sites is 1. The molecule has 3 fully saturated rings. The van der Waals surface area contributed by atoms with Crippen molar-refractivity contribution in [3.8, 4) is 0 Å². The van der Waals surface area contributed by atoms with Gasteiger partial charge in [0.25, 0.3) is 0 Å². The first kappa shape index (κ1) is 28.7. The number of thioether (sulfide) groups is 1. The van der Waals surface area contributed by atoms with Crippen molar-refractivity contribution in [1.82, 2.24) is 10.2 Å². The molecule has 3 heterocycles. The summed E-state index contributed by atoms with van der Waals surface area (Å²) in [4.78, 5) is 44.3. The zero-order valence-corrected chi connectivity index (χ0v) is 24.8. The van der Waals surface area contributed by atoms with Gasteiger partial charge in [-0.05, 0) is 48.8 Å². The highest BCUT2D eigenvalue weighted by Gasteiger charge is 2.76. The number of carbonyl (C=O) groups excluding carboxylic acids is 3. The fraction of sp³-hybridized carbons (Fsp3) is 0.531. The number of rotatable bonds is 9. The highest BCUT2D eigenvalue weighted by atomic mass is 32.2. The lowest BCUT2D eigenvalue weighted by Gasteiger charge is -2.41. The minimum atomic E-state index is -0.785. The first-order valence-corrected chi connectivity index (χ1v) is 15.3. The summed E-state index contributed by atoms with van der Waals surface area (Å²) in [6, 6.07) is 14.3. The van der Waals surface area contributed by atoms with Crippen molar-refractivity contribution >= 4 is 35.2 Å². The van der Waals surface area contributed by atoms with Crippen molar-refractivity contribution in [3.05, 3.63) is 65.2 Å². The van der Waals surface area contributed by atoms with Crippen LogP contribution in [0.5, 0.6) is 0 Å². The van der Waals surface area contributed by atoms with Crippen LogP contribution in [0.4, 0.5) is 5.69 Å². The molecule has 8 heteroatoms. The number of benzene rings is 2. The number of fused-ring (bicyclic) bond motifs is 1. The van der Waals surface area contributed by atoms with E-state index < -0.39 is 28.7 Å². The number of hydrogen-bond donors (Lipinski definition) is 3. The molecule has 3 N–H and O–H groups in total. The zero-order valence-electron chi connectivity index (χ0n) is 24.0. The second kappa shape index (κ2) is 11.2. The lowest BCUT2D eigenvalue weighted by molar-refractivity contribution is -0.143. The maximum absolute atomic E-state index is 14.5. The Balaban J connectivity index is 1.53. The molecular formula is C32H41N3O4S. The van der Waals surface area contributed by atoms with Gasteiger partial charge in [0.05, 0.1) is 29.2 Å². The van der Waals surface area contributed by atoms with Gasteiger partial charge in [-0.3, -0.25) is 14.4 Å². The van der Waals surface area contributed by atoms with Crippen LogP contribution in [0.3, 0.4) is 0 Å². The maximum atomic E-state index is 14.5. The molecule has 3 unspecified atom stereocenters. The van der Waals surface area contributed by atoms with E-state index in [1.165, 1.54) is 0 Å². The number of likely N-dealkylation sites (tertiary alicyclic amines) is 1. The lowest BCUT2D eigenvalue weighted by atomic mass is 9.65. The number of amides is 3. The second-order valence-corrected chi connectivity index (χ2v) is 13.4. The molecule has 2 bridgehead atoms. The number of aliphatic hydroxyl groups excluding tert-OH is 1. The zero-order chi connectivity index (χ0) is 28.8. The molecule has 40 heavy (non-hydrogen) atoms. The Morgan fingerprint density at radius 2 is 1.77 bits per heavy atom. The largest absolute Gasteiger partial charge is 0.394 e. The number of hydrogen-bond acceptors (Lipinski definition) is 5. The van der Waals surface area contributed by atoms with Gasteiger partial charge in [0.1, 0.15) is 6.04 Å². The molecule has 3 aliphatic rings. The summed E-state index contributed by atoms with van der Waals surface area (Å²) in [5.41, 5.74) is 3.66. The van der Waals surface area contributed by atoms with E-state index in [4.69, 9.17) is 0 Å². The summed E-state index contributed by atoms with van der Waals surface area (Å²) in [6.45, 7) is 10.2. The normalized spacial score (nSPS) is 30.2. The molecule has 0 radical (unpaired) electrons. The van der Waals surface area contributed by atoms with Crippen molar-refractivity contribution in [2.45, 2.75) is 76.1 Å². The van der Waals surface area contributed by atoms with E-state index in [9.17, 15) is 19.5 Å². The number of carbonyl (C=O) groups is 3. The highest BCUT2D eigenvalue weighted by Crippen LogP contribution is 2.69. The molecule has 3 amide bonds. The molecule has 214 valence electrons. The molecule has 0 aliphatic carbocycles. The average Bonchev–Trinajstić information content (AvgIpc) is 3.54. The van der Waals surface area contributed by atoms with Crippen LogP contribution in [0.25, 0.3) is 0 Å².